The summed E-state index contributed by atoms with van der Waals surface area (Å²) in [6.07, 6.45) is -0.0425. The van der Waals surface area contributed by atoms with Gasteiger partial charge in [-0.05, 0) is 19.1 Å². The van der Waals surface area contributed by atoms with Crippen molar-refractivity contribution in [2.24, 2.45) is 5.92 Å². The summed E-state index contributed by atoms with van der Waals surface area (Å²) in [5.41, 5.74) is 0. The van der Waals surface area contributed by atoms with Crippen LogP contribution in [0.1, 0.15) is 20.3 Å². The van der Waals surface area contributed by atoms with Gasteiger partial charge in [-0.25, -0.2) is 8.42 Å². The summed E-state index contributed by atoms with van der Waals surface area (Å²) in [6, 6.07) is 7.56. The fourth-order valence-electron chi connectivity index (χ4n) is 3.17. The molecule has 0 spiro atoms. The number of benzene rings is 1. The molecule has 136 valence electrons. The normalized spacial score (nSPS) is 29.5. The van der Waals surface area contributed by atoms with Gasteiger partial charge in [-0.15, -0.1) is 0 Å². The Morgan fingerprint density at radius 2 is 1.75 bits per heavy atom. The van der Waals surface area contributed by atoms with Crippen LogP contribution in [0.4, 0.5) is 0 Å². The largest absolute Gasteiger partial charge is 0.377 e. The van der Waals surface area contributed by atoms with Crippen molar-refractivity contribution in [3.8, 4) is 0 Å². The van der Waals surface area contributed by atoms with Crippen LogP contribution in [0.3, 0.4) is 0 Å². The summed E-state index contributed by atoms with van der Waals surface area (Å²) in [4.78, 5) is 0.191. The van der Waals surface area contributed by atoms with E-state index in [1.165, 1.54) is 30.7 Å². The van der Waals surface area contributed by atoms with Gasteiger partial charge in [0.2, 0.25) is 10.0 Å². The standard InChI is InChI=1S/C15H24NO6PS/c1-12-11-16(24(19,20)14-8-6-5-7-9-14)13(2)10-15(12,17)23(18,21-3)22-4/h5-9,12-13,17H,10-11H2,1-4H3/t12-,13+,15-/m1/s1. The van der Waals surface area contributed by atoms with Gasteiger partial charge in [0.05, 0.1) is 4.90 Å². The predicted molar refractivity (Wildman–Crippen MR) is 90.2 cm³/mol. The Hall–Kier alpha value is -0.760. The molecule has 1 aromatic carbocycles. The summed E-state index contributed by atoms with van der Waals surface area (Å²) in [6.45, 7) is 3.34. The second-order valence-corrected chi connectivity index (χ2v) is 10.5. The van der Waals surface area contributed by atoms with Crippen molar-refractivity contribution in [3.05, 3.63) is 30.3 Å². The third kappa shape index (κ3) is 3.07. The monoisotopic (exact) mass is 377 g/mol. The Morgan fingerprint density at radius 1 is 1.21 bits per heavy atom. The molecule has 9 heteroatoms. The number of hydrogen-bond donors (Lipinski definition) is 1. The smallest absolute Gasteiger partial charge is 0.361 e. The van der Waals surface area contributed by atoms with E-state index >= 15 is 0 Å². The highest BCUT2D eigenvalue weighted by atomic mass is 32.2. The van der Waals surface area contributed by atoms with Crippen LogP contribution in [0.15, 0.2) is 35.2 Å². The zero-order valence-corrected chi connectivity index (χ0v) is 16.0. The summed E-state index contributed by atoms with van der Waals surface area (Å²) >= 11 is 0. The first-order valence-electron chi connectivity index (χ1n) is 7.63. The maximum absolute atomic E-state index is 12.9. The van der Waals surface area contributed by atoms with Crippen molar-refractivity contribution < 1.29 is 27.1 Å². The van der Waals surface area contributed by atoms with Gasteiger partial charge in [-0.3, -0.25) is 4.57 Å². The van der Waals surface area contributed by atoms with Crippen molar-refractivity contribution in [1.82, 2.24) is 4.31 Å². The third-order valence-corrected chi connectivity index (χ3v) is 9.16. The summed E-state index contributed by atoms with van der Waals surface area (Å²) < 4.78 is 49.7. The first-order valence-corrected chi connectivity index (χ1v) is 10.6. The Labute approximate surface area is 143 Å². The van der Waals surface area contributed by atoms with E-state index in [0.29, 0.717) is 0 Å². The topological polar surface area (TPSA) is 93.1 Å². The Balaban J connectivity index is 2.37. The molecular weight excluding hydrogens is 353 g/mol. The summed E-state index contributed by atoms with van der Waals surface area (Å²) in [7, 11) is -5.05. The Kier molecular flexibility index (Phi) is 5.59. The van der Waals surface area contributed by atoms with Crippen LogP contribution in [-0.2, 0) is 23.6 Å². The molecule has 1 aliphatic heterocycles. The predicted octanol–water partition coefficient (Wildman–Crippen LogP) is 2.28. The minimum Gasteiger partial charge on any atom is -0.377 e. The average Bonchev–Trinajstić information content (AvgIpc) is 2.57. The summed E-state index contributed by atoms with van der Waals surface area (Å²) in [5.74, 6) is -0.627. The van der Waals surface area contributed by atoms with Crippen molar-refractivity contribution in [2.75, 3.05) is 20.8 Å². The van der Waals surface area contributed by atoms with E-state index in [9.17, 15) is 18.1 Å². The maximum atomic E-state index is 12.9. The van der Waals surface area contributed by atoms with Crippen molar-refractivity contribution >= 4 is 17.6 Å². The summed E-state index contributed by atoms with van der Waals surface area (Å²) in [5, 5.41) is 9.21. The first-order chi connectivity index (χ1) is 11.1. The third-order valence-electron chi connectivity index (χ3n) is 4.64. The zero-order chi connectivity index (χ0) is 18.2. The van der Waals surface area contributed by atoms with E-state index in [-0.39, 0.29) is 17.9 Å². The van der Waals surface area contributed by atoms with Gasteiger partial charge >= 0.3 is 7.60 Å². The van der Waals surface area contributed by atoms with Gasteiger partial charge in [0, 0.05) is 39.1 Å². The molecule has 0 aliphatic carbocycles. The SMILES string of the molecule is COP(=O)(OC)[C@]1(O)C[C@H](C)N(S(=O)(=O)c2ccccc2)C[C@H]1C. The van der Waals surface area contributed by atoms with Crippen LogP contribution < -0.4 is 0 Å². The lowest BCUT2D eigenvalue weighted by molar-refractivity contribution is -0.0225. The molecule has 1 aromatic rings. The Bertz CT molecular complexity index is 717. The molecule has 0 amide bonds. The van der Waals surface area contributed by atoms with Gasteiger partial charge in [0.1, 0.15) is 0 Å². The molecule has 0 unspecified atom stereocenters. The zero-order valence-electron chi connectivity index (χ0n) is 14.2. The number of sulfonamides is 1. The van der Waals surface area contributed by atoms with Crippen molar-refractivity contribution in [3.63, 3.8) is 0 Å². The van der Waals surface area contributed by atoms with Gasteiger partial charge in [0.15, 0.2) is 5.34 Å². The lowest BCUT2D eigenvalue weighted by atomic mass is 9.93. The van der Waals surface area contributed by atoms with E-state index in [0.717, 1.165) is 0 Å². The minimum absolute atomic E-state index is 0.0194. The van der Waals surface area contributed by atoms with Gasteiger partial charge in [0.25, 0.3) is 0 Å². The highest BCUT2D eigenvalue weighted by Gasteiger charge is 2.57. The van der Waals surface area contributed by atoms with Crippen LogP contribution in [0.5, 0.6) is 0 Å². The van der Waals surface area contributed by atoms with E-state index in [2.05, 4.69) is 0 Å². The molecule has 3 atom stereocenters. The van der Waals surface area contributed by atoms with Crippen molar-refractivity contribution in [2.45, 2.75) is 36.5 Å². The molecule has 1 saturated heterocycles. The van der Waals surface area contributed by atoms with E-state index in [1.54, 1.807) is 32.0 Å². The minimum atomic E-state index is -3.78. The van der Waals surface area contributed by atoms with Crippen LogP contribution in [0.25, 0.3) is 0 Å². The molecule has 1 N–H and O–H groups in total. The number of piperidine rings is 1. The van der Waals surface area contributed by atoms with Crippen LogP contribution in [0, 0.1) is 5.92 Å². The highest BCUT2D eigenvalue weighted by Crippen LogP contribution is 2.64. The van der Waals surface area contributed by atoms with Gasteiger partial charge in [-0.1, -0.05) is 25.1 Å². The van der Waals surface area contributed by atoms with Crippen LogP contribution >= 0.6 is 7.60 Å². The molecule has 0 radical (unpaired) electrons. The number of rotatable bonds is 5. The molecule has 0 aromatic heterocycles. The first kappa shape index (κ1) is 19.6. The van der Waals surface area contributed by atoms with E-state index in [1.807, 2.05) is 0 Å². The molecule has 7 nitrogen and oxygen atoms in total. The fourth-order valence-corrected chi connectivity index (χ4v) is 6.80. The molecule has 2 rings (SSSR count). The number of hydrogen-bond acceptors (Lipinski definition) is 6. The lowest BCUT2D eigenvalue weighted by Gasteiger charge is -2.47. The second kappa shape index (κ2) is 6.86. The van der Waals surface area contributed by atoms with Crippen LogP contribution in [0.2, 0.25) is 0 Å². The average molecular weight is 377 g/mol. The molecule has 1 aliphatic rings. The number of nitrogens with zero attached hydrogens (tertiary/aromatic N) is 1. The molecule has 24 heavy (non-hydrogen) atoms. The Morgan fingerprint density at radius 3 is 2.25 bits per heavy atom. The lowest BCUT2D eigenvalue weighted by Crippen LogP contribution is -2.56. The quantitative estimate of drug-likeness (QED) is 0.792. The molecule has 1 fully saturated rings. The number of aliphatic hydroxyl groups is 1. The van der Waals surface area contributed by atoms with Crippen molar-refractivity contribution in [1.29, 1.82) is 0 Å². The van der Waals surface area contributed by atoms with E-state index < -0.39 is 34.9 Å². The molecular formula is C15H24NO6PS. The van der Waals surface area contributed by atoms with E-state index in [4.69, 9.17) is 9.05 Å². The molecule has 0 bridgehead atoms. The van der Waals surface area contributed by atoms with Gasteiger partial charge < -0.3 is 14.2 Å². The van der Waals surface area contributed by atoms with Crippen LogP contribution in [-0.4, -0.2) is 50.0 Å². The molecule has 0 saturated carbocycles. The highest BCUT2D eigenvalue weighted by molar-refractivity contribution is 7.89. The molecule has 1 heterocycles. The fraction of sp³-hybridized carbons (Fsp3) is 0.600. The maximum Gasteiger partial charge on any atom is 0.361 e. The second-order valence-electron chi connectivity index (χ2n) is 6.08. The van der Waals surface area contributed by atoms with Gasteiger partial charge in [-0.2, -0.15) is 4.31 Å².